The standard InChI is InChI=1S/C21H25N5O3S/c1-2-5-16(6-3-1)19-22-17(14-29-19)15-30-21-24-23-20(25-8-11-27-12-9-25)26(21)13-18-7-4-10-28-18/h1-3,5-6,14,18H,4,7-13,15H2/t18-/m1/s1. The molecule has 1 atom stereocenters. The van der Waals surface area contributed by atoms with Crippen LogP contribution in [0.15, 0.2) is 46.2 Å². The molecule has 3 aromatic rings. The maximum absolute atomic E-state index is 5.88. The van der Waals surface area contributed by atoms with Crippen LogP contribution < -0.4 is 4.90 Å². The molecule has 9 heteroatoms. The van der Waals surface area contributed by atoms with Crippen molar-refractivity contribution in [2.24, 2.45) is 0 Å². The van der Waals surface area contributed by atoms with Gasteiger partial charge in [0.1, 0.15) is 6.26 Å². The number of oxazole rings is 1. The lowest BCUT2D eigenvalue weighted by Gasteiger charge is -2.28. The maximum Gasteiger partial charge on any atom is 0.228 e. The number of anilines is 1. The zero-order valence-corrected chi connectivity index (χ0v) is 17.6. The second-order valence-corrected chi connectivity index (χ2v) is 8.37. The maximum atomic E-state index is 5.88. The van der Waals surface area contributed by atoms with Crippen molar-refractivity contribution >= 4 is 17.7 Å². The highest BCUT2D eigenvalue weighted by atomic mass is 32.2. The largest absolute Gasteiger partial charge is 0.444 e. The summed E-state index contributed by atoms with van der Waals surface area (Å²) in [4.78, 5) is 6.88. The van der Waals surface area contributed by atoms with Crippen LogP contribution >= 0.6 is 11.8 Å². The number of aromatic nitrogens is 4. The Morgan fingerprint density at radius 2 is 1.93 bits per heavy atom. The van der Waals surface area contributed by atoms with Crippen molar-refractivity contribution in [1.82, 2.24) is 19.7 Å². The van der Waals surface area contributed by atoms with Crippen molar-refractivity contribution in [3.63, 3.8) is 0 Å². The number of nitrogens with zero attached hydrogens (tertiary/aromatic N) is 5. The van der Waals surface area contributed by atoms with Gasteiger partial charge in [-0.3, -0.25) is 4.57 Å². The van der Waals surface area contributed by atoms with E-state index in [2.05, 4.69) is 24.6 Å². The molecule has 0 saturated carbocycles. The first-order valence-corrected chi connectivity index (χ1v) is 11.4. The van der Waals surface area contributed by atoms with Crippen molar-refractivity contribution in [2.75, 3.05) is 37.8 Å². The molecule has 0 amide bonds. The Morgan fingerprint density at radius 1 is 1.07 bits per heavy atom. The van der Waals surface area contributed by atoms with Crippen molar-refractivity contribution < 1.29 is 13.9 Å². The molecule has 1 aromatic carbocycles. The van der Waals surface area contributed by atoms with E-state index in [-0.39, 0.29) is 6.10 Å². The summed E-state index contributed by atoms with van der Waals surface area (Å²) in [5.74, 6) is 2.21. The highest BCUT2D eigenvalue weighted by molar-refractivity contribution is 7.98. The average Bonchev–Trinajstić information content (AvgIpc) is 3.56. The monoisotopic (exact) mass is 427 g/mol. The Kier molecular flexibility index (Phi) is 6.01. The third kappa shape index (κ3) is 4.38. The summed E-state index contributed by atoms with van der Waals surface area (Å²) in [6, 6.07) is 9.94. The average molecular weight is 428 g/mol. The smallest absolute Gasteiger partial charge is 0.228 e. The molecule has 0 N–H and O–H groups in total. The second-order valence-electron chi connectivity index (χ2n) is 7.43. The fraction of sp³-hybridized carbons (Fsp3) is 0.476. The number of rotatable bonds is 7. The molecule has 5 rings (SSSR count). The van der Waals surface area contributed by atoms with Gasteiger partial charge < -0.3 is 18.8 Å². The first-order chi connectivity index (χ1) is 14.9. The zero-order valence-electron chi connectivity index (χ0n) is 16.8. The molecule has 30 heavy (non-hydrogen) atoms. The molecule has 4 heterocycles. The SMILES string of the molecule is c1ccc(-c2nc(CSc3nnc(N4CCOCC4)n3C[C@H]3CCCO3)co2)cc1. The fourth-order valence-corrected chi connectivity index (χ4v) is 4.58. The van der Waals surface area contributed by atoms with Crippen molar-refractivity contribution in [1.29, 1.82) is 0 Å². The molecule has 0 spiro atoms. The van der Waals surface area contributed by atoms with Crippen LogP contribution in [0.4, 0.5) is 5.95 Å². The summed E-state index contributed by atoms with van der Waals surface area (Å²) in [7, 11) is 0. The molecular weight excluding hydrogens is 402 g/mol. The Hall–Kier alpha value is -2.36. The summed E-state index contributed by atoms with van der Waals surface area (Å²) in [6.45, 7) is 4.71. The van der Waals surface area contributed by atoms with Gasteiger partial charge in [0.15, 0.2) is 5.16 Å². The van der Waals surface area contributed by atoms with E-state index in [1.54, 1.807) is 18.0 Å². The van der Waals surface area contributed by atoms with E-state index in [0.29, 0.717) is 11.6 Å². The first-order valence-electron chi connectivity index (χ1n) is 10.4. The van der Waals surface area contributed by atoms with E-state index in [4.69, 9.17) is 13.9 Å². The number of thioether (sulfide) groups is 1. The van der Waals surface area contributed by atoms with E-state index in [1.165, 1.54) is 0 Å². The third-order valence-corrected chi connectivity index (χ3v) is 6.32. The molecular formula is C21H25N5O3S. The summed E-state index contributed by atoms with van der Waals surface area (Å²) in [5.41, 5.74) is 1.86. The Balaban J connectivity index is 1.32. The zero-order chi connectivity index (χ0) is 20.2. The molecule has 0 aliphatic carbocycles. The number of hydrogen-bond donors (Lipinski definition) is 0. The predicted octanol–water partition coefficient (Wildman–Crippen LogP) is 3.24. The van der Waals surface area contributed by atoms with Crippen molar-refractivity contribution in [3.05, 3.63) is 42.3 Å². The highest BCUT2D eigenvalue weighted by Crippen LogP contribution is 2.28. The number of hydrogen-bond acceptors (Lipinski definition) is 8. The topological polar surface area (TPSA) is 78.4 Å². The van der Waals surface area contributed by atoms with Gasteiger partial charge in [-0.15, -0.1) is 10.2 Å². The van der Waals surface area contributed by atoms with Gasteiger partial charge in [0.2, 0.25) is 11.8 Å². The predicted molar refractivity (Wildman–Crippen MR) is 114 cm³/mol. The molecule has 158 valence electrons. The molecule has 8 nitrogen and oxygen atoms in total. The molecule has 0 unspecified atom stereocenters. The lowest BCUT2D eigenvalue weighted by molar-refractivity contribution is 0.0942. The fourth-order valence-electron chi connectivity index (χ4n) is 3.76. The van der Waals surface area contributed by atoms with Gasteiger partial charge in [0.05, 0.1) is 31.6 Å². The summed E-state index contributed by atoms with van der Waals surface area (Å²) < 4.78 is 19.2. The van der Waals surface area contributed by atoms with Gasteiger partial charge in [0, 0.05) is 31.0 Å². The summed E-state index contributed by atoms with van der Waals surface area (Å²) in [6.07, 6.45) is 4.13. The van der Waals surface area contributed by atoms with Crippen LogP contribution in [0.25, 0.3) is 11.5 Å². The van der Waals surface area contributed by atoms with Gasteiger partial charge >= 0.3 is 0 Å². The van der Waals surface area contributed by atoms with Crippen LogP contribution in [-0.4, -0.2) is 58.8 Å². The van der Waals surface area contributed by atoms with E-state index in [0.717, 1.165) is 74.7 Å². The quantitative estimate of drug-likeness (QED) is 0.532. The molecule has 0 radical (unpaired) electrons. The van der Waals surface area contributed by atoms with E-state index in [1.807, 2.05) is 30.3 Å². The van der Waals surface area contributed by atoms with E-state index < -0.39 is 0 Å². The molecule has 2 saturated heterocycles. The molecule has 2 aromatic heterocycles. The van der Waals surface area contributed by atoms with Crippen LogP contribution in [-0.2, 0) is 21.8 Å². The molecule has 0 bridgehead atoms. The normalized spacial score (nSPS) is 19.5. The number of morpholine rings is 1. The Morgan fingerprint density at radius 3 is 2.73 bits per heavy atom. The first kappa shape index (κ1) is 19.6. The summed E-state index contributed by atoms with van der Waals surface area (Å²) in [5, 5.41) is 9.89. The van der Waals surface area contributed by atoms with Gasteiger partial charge in [-0.1, -0.05) is 30.0 Å². The molecule has 2 aliphatic rings. The van der Waals surface area contributed by atoms with Gasteiger partial charge in [-0.2, -0.15) is 0 Å². The van der Waals surface area contributed by atoms with Gasteiger partial charge in [-0.05, 0) is 25.0 Å². The van der Waals surface area contributed by atoms with E-state index in [9.17, 15) is 0 Å². The number of benzene rings is 1. The minimum absolute atomic E-state index is 0.219. The van der Waals surface area contributed by atoms with Crippen LogP contribution in [0, 0.1) is 0 Å². The second kappa shape index (κ2) is 9.20. The van der Waals surface area contributed by atoms with E-state index >= 15 is 0 Å². The Labute approximate surface area is 179 Å². The number of ether oxygens (including phenoxy) is 2. The van der Waals surface area contributed by atoms with Gasteiger partial charge in [-0.25, -0.2) is 4.98 Å². The van der Waals surface area contributed by atoms with Gasteiger partial charge in [0.25, 0.3) is 0 Å². The van der Waals surface area contributed by atoms with Crippen LogP contribution in [0.5, 0.6) is 0 Å². The minimum atomic E-state index is 0.219. The van der Waals surface area contributed by atoms with Crippen molar-refractivity contribution in [2.45, 2.75) is 36.4 Å². The van der Waals surface area contributed by atoms with Crippen LogP contribution in [0.2, 0.25) is 0 Å². The lowest BCUT2D eigenvalue weighted by Crippen LogP contribution is -2.38. The van der Waals surface area contributed by atoms with Crippen LogP contribution in [0.3, 0.4) is 0 Å². The minimum Gasteiger partial charge on any atom is -0.444 e. The third-order valence-electron chi connectivity index (χ3n) is 5.32. The highest BCUT2D eigenvalue weighted by Gasteiger charge is 2.25. The molecule has 2 fully saturated rings. The summed E-state index contributed by atoms with van der Waals surface area (Å²) >= 11 is 1.63. The van der Waals surface area contributed by atoms with Crippen LogP contribution in [0.1, 0.15) is 18.5 Å². The Bertz CT molecular complexity index is 949. The van der Waals surface area contributed by atoms with Crippen molar-refractivity contribution in [3.8, 4) is 11.5 Å². The lowest BCUT2D eigenvalue weighted by atomic mass is 10.2. The molecule has 2 aliphatic heterocycles.